The highest BCUT2D eigenvalue weighted by molar-refractivity contribution is 7.12. The number of nitrogens with zero attached hydrogens (tertiary/aromatic N) is 2. The Kier molecular flexibility index (Phi) is 3.77. The van der Waals surface area contributed by atoms with E-state index < -0.39 is 11.6 Å². The highest BCUT2D eigenvalue weighted by Gasteiger charge is 2.18. The maximum atomic E-state index is 13.6. The summed E-state index contributed by atoms with van der Waals surface area (Å²) in [7, 11) is 0. The molecule has 1 N–H and O–H groups in total. The van der Waals surface area contributed by atoms with Crippen LogP contribution >= 0.6 is 11.3 Å². The van der Waals surface area contributed by atoms with Crippen molar-refractivity contribution in [3.63, 3.8) is 0 Å². The van der Waals surface area contributed by atoms with E-state index in [4.69, 9.17) is 0 Å². The minimum atomic E-state index is -0.968. The maximum Gasteiger partial charge on any atom is 0.266 e. The number of nitrogens with one attached hydrogen (secondary N) is 1. The molecule has 0 aliphatic rings. The number of halogens is 2. The highest BCUT2D eigenvalue weighted by Crippen LogP contribution is 2.30. The van der Waals surface area contributed by atoms with E-state index >= 15 is 0 Å². The van der Waals surface area contributed by atoms with E-state index in [9.17, 15) is 13.6 Å². The van der Waals surface area contributed by atoms with Crippen molar-refractivity contribution in [1.29, 1.82) is 0 Å². The molecule has 124 valence electrons. The Morgan fingerprint density at radius 1 is 1.08 bits per heavy atom. The van der Waals surface area contributed by atoms with Crippen molar-refractivity contribution >= 4 is 28.7 Å². The summed E-state index contributed by atoms with van der Waals surface area (Å²) in [4.78, 5) is 17.4. The van der Waals surface area contributed by atoms with Crippen LogP contribution in [-0.2, 0) is 0 Å². The highest BCUT2D eigenvalue weighted by atomic mass is 32.1. The van der Waals surface area contributed by atoms with Crippen LogP contribution in [0.5, 0.6) is 0 Å². The van der Waals surface area contributed by atoms with Crippen LogP contribution in [0.2, 0.25) is 0 Å². The molecule has 0 fully saturated rings. The first kappa shape index (κ1) is 15.5. The van der Waals surface area contributed by atoms with Gasteiger partial charge in [-0.15, -0.1) is 11.3 Å². The maximum absolute atomic E-state index is 13.6. The van der Waals surface area contributed by atoms with Crippen LogP contribution in [0.3, 0.4) is 0 Å². The van der Waals surface area contributed by atoms with E-state index in [1.54, 1.807) is 40.2 Å². The van der Waals surface area contributed by atoms with E-state index in [1.807, 2.05) is 6.07 Å². The third-order valence-electron chi connectivity index (χ3n) is 3.70. The molecule has 1 aromatic carbocycles. The summed E-state index contributed by atoms with van der Waals surface area (Å²) in [6, 6.07) is 12.4. The molecule has 3 aromatic heterocycles. The molecular weight excluding hydrogens is 344 g/mol. The number of hydrogen-bond acceptors (Lipinski definition) is 3. The van der Waals surface area contributed by atoms with E-state index in [-0.39, 0.29) is 5.91 Å². The van der Waals surface area contributed by atoms with Gasteiger partial charge in [0.15, 0.2) is 11.6 Å². The lowest BCUT2D eigenvalue weighted by Gasteiger charge is -2.07. The molecular formula is C18H11F2N3OS. The van der Waals surface area contributed by atoms with Crippen LogP contribution in [0.1, 0.15) is 9.67 Å². The summed E-state index contributed by atoms with van der Waals surface area (Å²) in [6.45, 7) is 0. The second kappa shape index (κ2) is 6.10. The number of benzene rings is 1. The number of aromatic nitrogens is 2. The summed E-state index contributed by atoms with van der Waals surface area (Å²) in [5.74, 6) is -1.79. The summed E-state index contributed by atoms with van der Waals surface area (Å²) < 4.78 is 28.6. The molecule has 25 heavy (non-hydrogen) atoms. The average molecular weight is 355 g/mol. The lowest BCUT2D eigenvalue weighted by atomic mass is 10.1. The Bertz CT molecular complexity index is 1070. The largest absolute Gasteiger partial charge is 0.305 e. The van der Waals surface area contributed by atoms with Crippen LogP contribution in [-0.4, -0.2) is 15.3 Å². The van der Waals surface area contributed by atoms with Crippen molar-refractivity contribution in [2.45, 2.75) is 0 Å². The first-order valence-corrected chi connectivity index (χ1v) is 8.29. The van der Waals surface area contributed by atoms with Crippen molar-refractivity contribution in [3.05, 3.63) is 76.6 Å². The molecule has 0 aliphatic carbocycles. The van der Waals surface area contributed by atoms with Gasteiger partial charge < -0.3 is 5.32 Å². The SMILES string of the molecule is O=C(Nc1c(-c2ccc(F)c(F)c2)nc2ccccn12)c1cccs1. The number of fused-ring (bicyclic) bond motifs is 1. The molecule has 0 saturated heterocycles. The average Bonchev–Trinajstić information content (AvgIpc) is 3.26. The Balaban J connectivity index is 1.86. The fourth-order valence-corrected chi connectivity index (χ4v) is 3.16. The van der Waals surface area contributed by atoms with E-state index in [2.05, 4.69) is 10.3 Å². The van der Waals surface area contributed by atoms with Gasteiger partial charge in [-0.2, -0.15) is 0 Å². The summed E-state index contributed by atoms with van der Waals surface area (Å²) in [5, 5.41) is 4.63. The summed E-state index contributed by atoms with van der Waals surface area (Å²) in [6.07, 6.45) is 1.75. The predicted molar refractivity (Wildman–Crippen MR) is 92.8 cm³/mol. The Morgan fingerprint density at radius 3 is 2.72 bits per heavy atom. The molecule has 4 rings (SSSR count). The standard InChI is InChI=1S/C18H11F2N3OS/c19-12-7-6-11(10-13(12)20)16-17(22-18(24)14-4-3-9-25-14)23-8-2-1-5-15(23)21-16/h1-10H,(H,22,24). The summed E-state index contributed by atoms with van der Waals surface area (Å²) >= 11 is 1.31. The van der Waals surface area contributed by atoms with Crippen molar-refractivity contribution in [2.75, 3.05) is 5.32 Å². The van der Waals surface area contributed by atoms with Crippen molar-refractivity contribution in [1.82, 2.24) is 9.38 Å². The second-order valence-corrected chi connectivity index (χ2v) is 6.25. The van der Waals surface area contributed by atoms with Crippen LogP contribution in [0.4, 0.5) is 14.6 Å². The third-order valence-corrected chi connectivity index (χ3v) is 4.57. The van der Waals surface area contributed by atoms with Crippen molar-refractivity contribution in [3.8, 4) is 11.3 Å². The monoisotopic (exact) mass is 355 g/mol. The predicted octanol–water partition coefficient (Wildman–Crippen LogP) is 4.59. The van der Waals surface area contributed by atoms with Gasteiger partial charge in [-0.05, 0) is 41.8 Å². The van der Waals surface area contributed by atoms with Gasteiger partial charge in [0.2, 0.25) is 0 Å². The third kappa shape index (κ3) is 2.78. The molecule has 0 saturated carbocycles. The molecule has 0 bridgehead atoms. The summed E-state index contributed by atoms with van der Waals surface area (Å²) in [5.41, 5.74) is 1.34. The number of imidazole rings is 1. The van der Waals surface area contributed by atoms with Crippen molar-refractivity contribution in [2.24, 2.45) is 0 Å². The van der Waals surface area contributed by atoms with E-state index in [0.29, 0.717) is 27.6 Å². The number of amides is 1. The normalized spacial score (nSPS) is 11.0. The molecule has 7 heteroatoms. The van der Waals surface area contributed by atoms with Gasteiger partial charge in [-0.25, -0.2) is 13.8 Å². The number of pyridine rings is 1. The van der Waals surface area contributed by atoms with Gasteiger partial charge in [0, 0.05) is 11.8 Å². The number of anilines is 1. The second-order valence-electron chi connectivity index (χ2n) is 5.30. The van der Waals surface area contributed by atoms with Gasteiger partial charge >= 0.3 is 0 Å². The van der Waals surface area contributed by atoms with Crippen molar-refractivity contribution < 1.29 is 13.6 Å². The van der Waals surface area contributed by atoms with Gasteiger partial charge in [-0.3, -0.25) is 9.20 Å². The molecule has 0 aliphatic heterocycles. The Morgan fingerprint density at radius 2 is 1.96 bits per heavy atom. The molecule has 0 atom stereocenters. The van der Waals surface area contributed by atoms with Crippen LogP contribution in [0.15, 0.2) is 60.1 Å². The topological polar surface area (TPSA) is 46.4 Å². The zero-order chi connectivity index (χ0) is 17.4. The fraction of sp³-hybridized carbons (Fsp3) is 0. The van der Waals surface area contributed by atoms with Gasteiger partial charge in [0.1, 0.15) is 17.2 Å². The number of carbonyl (C=O) groups is 1. The van der Waals surface area contributed by atoms with Crippen LogP contribution < -0.4 is 5.32 Å². The van der Waals surface area contributed by atoms with Gasteiger partial charge in [0.05, 0.1) is 4.88 Å². The lowest BCUT2D eigenvalue weighted by molar-refractivity contribution is 0.103. The molecule has 0 spiro atoms. The number of carbonyl (C=O) groups excluding carboxylic acids is 1. The quantitative estimate of drug-likeness (QED) is 0.584. The Hall–Kier alpha value is -3.06. The van der Waals surface area contributed by atoms with Crippen LogP contribution in [0.25, 0.3) is 16.9 Å². The van der Waals surface area contributed by atoms with Gasteiger partial charge in [-0.1, -0.05) is 12.1 Å². The minimum Gasteiger partial charge on any atom is -0.305 e. The minimum absolute atomic E-state index is 0.288. The molecule has 1 amide bonds. The lowest BCUT2D eigenvalue weighted by Crippen LogP contribution is -2.12. The van der Waals surface area contributed by atoms with E-state index in [1.165, 1.54) is 17.4 Å². The Labute approximate surface area is 145 Å². The molecule has 3 heterocycles. The first-order valence-electron chi connectivity index (χ1n) is 7.41. The fourth-order valence-electron chi connectivity index (χ4n) is 2.54. The molecule has 0 unspecified atom stereocenters. The molecule has 4 nitrogen and oxygen atoms in total. The first-order chi connectivity index (χ1) is 12.1. The van der Waals surface area contributed by atoms with Gasteiger partial charge in [0.25, 0.3) is 5.91 Å². The zero-order valence-electron chi connectivity index (χ0n) is 12.7. The van der Waals surface area contributed by atoms with Crippen LogP contribution in [0, 0.1) is 11.6 Å². The molecule has 0 radical (unpaired) electrons. The molecule has 4 aromatic rings. The number of thiophene rings is 1. The number of hydrogen-bond donors (Lipinski definition) is 1. The zero-order valence-corrected chi connectivity index (χ0v) is 13.6. The number of rotatable bonds is 3. The smallest absolute Gasteiger partial charge is 0.266 e. The van der Waals surface area contributed by atoms with E-state index in [0.717, 1.165) is 12.1 Å².